The standard InChI is InChI=1S/C15H24BrNO2/c1-4-8-17-12(2)14-11-13(16)6-7-15(14)19-10-5-9-18-3/h6-7,11-12,17H,4-5,8-10H2,1-3H3. The Hall–Kier alpha value is -0.580. The summed E-state index contributed by atoms with van der Waals surface area (Å²) in [4.78, 5) is 0. The maximum Gasteiger partial charge on any atom is 0.124 e. The summed E-state index contributed by atoms with van der Waals surface area (Å²) < 4.78 is 12.0. The normalized spacial score (nSPS) is 12.4. The van der Waals surface area contributed by atoms with E-state index in [0.717, 1.165) is 36.2 Å². The number of hydrogen-bond acceptors (Lipinski definition) is 3. The molecule has 19 heavy (non-hydrogen) atoms. The van der Waals surface area contributed by atoms with E-state index < -0.39 is 0 Å². The molecule has 0 heterocycles. The zero-order valence-electron chi connectivity index (χ0n) is 12.0. The Balaban J connectivity index is 2.67. The number of halogens is 1. The third kappa shape index (κ3) is 5.93. The minimum Gasteiger partial charge on any atom is -0.493 e. The lowest BCUT2D eigenvalue weighted by atomic mass is 10.1. The molecule has 0 radical (unpaired) electrons. The minimum absolute atomic E-state index is 0.287. The van der Waals surface area contributed by atoms with Gasteiger partial charge >= 0.3 is 0 Å². The minimum atomic E-state index is 0.287. The fourth-order valence-corrected chi connectivity index (χ4v) is 2.22. The van der Waals surface area contributed by atoms with Crippen LogP contribution in [0.5, 0.6) is 5.75 Å². The zero-order chi connectivity index (χ0) is 14.1. The average Bonchev–Trinajstić information content (AvgIpc) is 2.42. The summed E-state index contributed by atoms with van der Waals surface area (Å²) in [5.74, 6) is 0.954. The van der Waals surface area contributed by atoms with Crippen molar-refractivity contribution in [3.8, 4) is 5.75 Å². The number of ether oxygens (including phenoxy) is 2. The molecule has 4 heteroatoms. The maximum absolute atomic E-state index is 5.85. The summed E-state index contributed by atoms with van der Waals surface area (Å²) in [5, 5.41) is 3.49. The van der Waals surface area contributed by atoms with E-state index >= 15 is 0 Å². The summed E-state index contributed by atoms with van der Waals surface area (Å²) in [6, 6.07) is 6.45. The van der Waals surface area contributed by atoms with Crippen LogP contribution in [0.25, 0.3) is 0 Å². The molecular weight excluding hydrogens is 306 g/mol. The fraction of sp³-hybridized carbons (Fsp3) is 0.600. The lowest BCUT2D eigenvalue weighted by Crippen LogP contribution is -2.20. The van der Waals surface area contributed by atoms with Gasteiger partial charge in [0.1, 0.15) is 5.75 Å². The van der Waals surface area contributed by atoms with Crippen LogP contribution in [0.3, 0.4) is 0 Å². The van der Waals surface area contributed by atoms with Crippen molar-refractivity contribution in [1.82, 2.24) is 5.32 Å². The number of methoxy groups -OCH3 is 1. The molecule has 1 aromatic carbocycles. The van der Waals surface area contributed by atoms with E-state index in [9.17, 15) is 0 Å². The average molecular weight is 330 g/mol. The Morgan fingerprint density at radius 3 is 2.79 bits per heavy atom. The predicted octanol–water partition coefficient (Wildman–Crippen LogP) is 3.93. The molecule has 0 spiro atoms. The number of hydrogen-bond donors (Lipinski definition) is 1. The lowest BCUT2D eigenvalue weighted by molar-refractivity contribution is 0.171. The van der Waals surface area contributed by atoms with E-state index in [0.29, 0.717) is 6.61 Å². The molecule has 1 rings (SSSR count). The van der Waals surface area contributed by atoms with Gasteiger partial charge in [-0.25, -0.2) is 0 Å². The van der Waals surface area contributed by atoms with Crippen molar-refractivity contribution < 1.29 is 9.47 Å². The second-order valence-electron chi connectivity index (χ2n) is 4.55. The zero-order valence-corrected chi connectivity index (χ0v) is 13.6. The predicted molar refractivity (Wildman–Crippen MR) is 82.8 cm³/mol. The van der Waals surface area contributed by atoms with Gasteiger partial charge in [-0.15, -0.1) is 0 Å². The van der Waals surface area contributed by atoms with Gasteiger partial charge in [0.05, 0.1) is 6.61 Å². The summed E-state index contributed by atoms with van der Waals surface area (Å²) in [6.45, 7) is 6.76. The number of rotatable bonds is 9. The fourth-order valence-electron chi connectivity index (χ4n) is 1.85. The van der Waals surface area contributed by atoms with E-state index in [-0.39, 0.29) is 6.04 Å². The van der Waals surface area contributed by atoms with Crippen molar-refractivity contribution in [2.75, 3.05) is 26.9 Å². The summed E-state index contributed by atoms with van der Waals surface area (Å²) in [6.07, 6.45) is 2.03. The third-order valence-corrected chi connectivity index (χ3v) is 3.38. The third-order valence-electron chi connectivity index (χ3n) is 2.89. The van der Waals surface area contributed by atoms with Crippen molar-refractivity contribution in [2.45, 2.75) is 32.7 Å². The monoisotopic (exact) mass is 329 g/mol. The highest BCUT2D eigenvalue weighted by molar-refractivity contribution is 9.10. The first-order valence-electron chi connectivity index (χ1n) is 6.83. The number of nitrogens with one attached hydrogen (secondary N) is 1. The molecule has 1 aromatic rings. The molecule has 3 nitrogen and oxygen atoms in total. The second-order valence-corrected chi connectivity index (χ2v) is 5.47. The van der Waals surface area contributed by atoms with Gasteiger partial charge in [0.2, 0.25) is 0 Å². The van der Waals surface area contributed by atoms with Crippen molar-refractivity contribution in [3.63, 3.8) is 0 Å². The second kappa shape index (κ2) is 9.34. The molecule has 0 aliphatic rings. The quantitative estimate of drug-likeness (QED) is 0.696. The topological polar surface area (TPSA) is 30.5 Å². The Kier molecular flexibility index (Phi) is 8.10. The highest BCUT2D eigenvalue weighted by atomic mass is 79.9. The van der Waals surface area contributed by atoms with Crippen molar-refractivity contribution in [3.05, 3.63) is 28.2 Å². The molecule has 0 aliphatic heterocycles. The van der Waals surface area contributed by atoms with Gasteiger partial charge in [0.25, 0.3) is 0 Å². The molecule has 0 saturated heterocycles. The van der Waals surface area contributed by atoms with Crippen LogP contribution < -0.4 is 10.1 Å². The summed E-state index contributed by atoms with van der Waals surface area (Å²) in [7, 11) is 1.71. The van der Waals surface area contributed by atoms with E-state index in [1.165, 1.54) is 5.56 Å². The molecule has 0 amide bonds. The molecule has 0 bridgehead atoms. The van der Waals surface area contributed by atoms with Crippen molar-refractivity contribution in [2.24, 2.45) is 0 Å². The van der Waals surface area contributed by atoms with Gasteiger partial charge in [-0.05, 0) is 38.1 Å². The molecule has 0 fully saturated rings. The SMILES string of the molecule is CCCNC(C)c1cc(Br)ccc1OCCCOC. The summed E-state index contributed by atoms with van der Waals surface area (Å²) in [5.41, 5.74) is 1.19. The largest absolute Gasteiger partial charge is 0.493 e. The van der Waals surface area contributed by atoms with Crippen LogP contribution in [0.15, 0.2) is 22.7 Å². The van der Waals surface area contributed by atoms with Crippen LogP contribution in [0.2, 0.25) is 0 Å². The Bertz CT molecular complexity index is 371. The highest BCUT2D eigenvalue weighted by Gasteiger charge is 2.11. The lowest BCUT2D eigenvalue weighted by Gasteiger charge is -2.18. The maximum atomic E-state index is 5.85. The van der Waals surface area contributed by atoms with E-state index in [4.69, 9.17) is 9.47 Å². The molecule has 1 unspecified atom stereocenters. The van der Waals surface area contributed by atoms with Gasteiger partial charge in [-0.1, -0.05) is 22.9 Å². The van der Waals surface area contributed by atoms with Crippen LogP contribution in [0.1, 0.15) is 38.3 Å². The molecule has 1 atom stereocenters. The van der Waals surface area contributed by atoms with Crippen molar-refractivity contribution in [1.29, 1.82) is 0 Å². The van der Waals surface area contributed by atoms with Gasteiger partial charge in [0.15, 0.2) is 0 Å². The van der Waals surface area contributed by atoms with Crippen molar-refractivity contribution >= 4 is 15.9 Å². The van der Waals surface area contributed by atoms with Gasteiger partial charge in [-0.2, -0.15) is 0 Å². The van der Waals surface area contributed by atoms with Gasteiger partial charge in [-0.3, -0.25) is 0 Å². The molecular formula is C15H24BrNO2. The molecule has 0 saturated carbocycles. The van der Waals surface area contributed by atoms with E-state index in [2.05, 4.69) is 41.2 Å². The van der Waals surface area contributed by atoms with E-state index in [1.807, 2.05) is 12.1 Å². The van der Waals surface area contributed by atoms with Crippen LogP contribution in [-0.4, -0.2) is 26.9 Å². The number of benzene rings is 1. The van der Waals surface area contributed by atoms with E-state index in [1.54, 1.807) is 7.11 Å². The molecule has 108 valence electrons. The first-order chi connectivity index (χ1) is 9.19. The van der Waals surface area contributed by atoms with Crippen LogP contribution in [0.4, 0.5) is 0 Å². The van der Waals surface area contributed by atoms with Crippen LogP contribution >= 0.6 is 15.9 Å². The Labute approximate surface area is 124 Å². The molecule has 0 aromatic heterocycles. The first kappa shape index (κ1) is 16.5. The highest BCUT2D eigenvalue weighted by Crippen LogP contribution is 2.28. The van der Waals surface area contributed by atoms with Crippen LogP contribution in [0, 0.1) is 0 Å². The van der Waals surface area contributed by atoms with Crippen LogP contribution in [-0.2, 0) is 4.74 Å². The Morgan fingerprint density at radius 1 is 1.32 bits per heavy atom. The van der Waals surface area contributed by atoms with Gasteiger partial charge in [0, 0.05) is 36.2 Å². The molecule has 1 N–H and O–H groups in total. The summed E-state index contributed by atoms with van der Waals surface area (Å²) >= 11 is 3.52. The smallest absolute Gasteiger partial charge is 0.124 e. The Morgan fingerprint density at radius 2 is 2.11 bits per heavy atom. The van der Waals surface area contributed by atoms with Gasteiger partial charge < -0.3 is 14.8 Å². The first-order valence-corrected chi connectivity index (χ1v) is 7.63. The molecule has 0 aliphatic carbocycles.